The number of nitrogens with one attached hydrogen (secondary N) is 1. The van der Waals surface area contributed by atoms with Crippen LogP contribution in [-0.4, -0.2) is 18.6 Å². The van der Waals surface area contributed by atoms with Gasteiger partial charge in [-0.3, -0.25) is 4.79 Å². The van der Waals surface area contributed by atoms with Gasteiger partial charge in [-0.25, -0.2) is 0 Å². The van der Waals surface area contributed by atoms with Crippen LogP contribution in [0, 0.1) is 17.2 Å². The second-order valence-electron chi connectivity index (χ2n) is 6.18. The SMILES string of the molecule is C=CCOc1ccc(C=C(C#N)C(=O)NC2CCCCC2C)cc1. The van der Waals surface area contributed by atoms with Crippen molar-refractivity contribution in [3.63, 3.8) is 0 Å². The fourth-order valence-electron chi connectivity index (χ4n) is 2.91. The number of nitriles is 1. The van der Waals surface area contributed by atoms with Crippen LogP contribution in [0.1, 0.15) is 38.2 Å². The van der Waals surface area contributed by atoms with Gasteiger partial charge in [0.15, 0.2) is 0 Å². The van der Waals surface area contributed by atoms with Gasteiger partial charge in [-0.05, 0) is 42.5 Å². The van der Waals surface area contributed by atoms with Crippen LogP contribution in [0.3, 0.4) is 0 Å². The molecule has 1 amide bonds. The van der Waals surface area contributed by atoms with E-state index in [0.29, 0.717) is 12.5 Å². The van der Waals surface area contributed by atoms with Crippen LogP contribution in [-0.2, 0) is 4.79 Å². The first kappa shape index (κ1) is 17.8. The maximum atomic E-state index is 12.4. The molecule has 1 N–H and O–H groups in total. The van der Waals surface area contributed by atoms with E-state index in [9.17, 15) is 10.1 Å². The molecule has 0 radical (unpaired) electrons. The second-order valence-corrected chi connectivity index (χ2v) is 6.18. The van der Waals surface area contributed by atoms with Gasteiger partial charge >= 0.3 is 0 Å². The smallest absolute Gasteiger partial charge is 0.262 e. The number of carbonyl (C=O) groups excluding carboxylic acids is 1. The Morgan fingerprint density at radius 3 is 2.71 bits per heavy atom. The topological polar surface area (TPSA) is 62.1 Å². The highest BCUT2D eigenvalue weighted by Crippen LogP contribution is 2.24. The Bertz CT molecular complexity index is 641. The molecule has 2 unspecified atom stereocenters. The third-order valence-electron chi connectivity index (χ3n) is 4.35. The molecule has 1 aliphatic rings. The number of nitrogens with zero attached hydrogens (tertiary/aromatic N) is 1. The summed E-state index contributed by atoms with van der Waals surface area (Å²) < 4.78 is 5.42. The molecule has 1 aromatic rings. The highest BCUT2D eigenvalue weighted by molar-refractivity contribution is 6.01. The van der Waals surface area contributed by atoms with E-state index in [1.54, 1.807) is 12.2 Å². The zero-order valence-electron chi connectivity index (χ0n) is 14.1. The van der Waals surface area contributed by atoms with Crippen molar-refractivity contribution in [3.05, 3.63) is 48.1 Å². The van der Waals surface area contributed by atoms with Crippen LogP contribution in [0.15, 0.2) is 42.5 Å². The van der Waals surface area contributed by atoms with Gasteiger partial charge in [0.25, 0.3) is 5.91 Å². The van der Waals surface area contributed by atoms with Gasteiger partial charge in [-0.1, -0.05) is 44.6 Å². The zero-order chi connectivity index (χ0) is 17.4. The minimum absolute atomic E-state index is 0.132. The molecule has 126 valence electrons. The molecular formula is C20H24N2O2. The van der Waals surface area contributed by atoms with Crippen LogP contribution in [0.5, 0.6) is 5.75 Å². The number of amides is 1. The van der Waals surface area contributed by atoms with Gasteiger partial charge in [0.05, 0.1) is 0 Å². The standard InChI is InChI=1S/C20H24N2O2/c1-3-12-24-18-10-8-16(9-11-18)13-17(14-21)20(23)22-19-7-5-4-6-15(19)2/h3,8-11,13,15,19H,1,4-7,12H2,2H3,(H,22,23). The van der Waals surface area contributed by atoms with E-state index < -0.39 is 0 Å². The number of hydrogen-bond acceptors (Lipinski definition) is 3. The summed E-state index contributed by atoms with van der Waals surface area (Å²) in [5.74, 6) is 0.901. The summed E-state index contributed by atoms with van der Waals surface area (Å²) in [7, 11) is 0. The molecule has 24 heavy (non-hydrogen) atoms. The van der Waals surface area contributed by atoms with Crippen molar-refractivity contribution >= 4 is 12.0 Å². The number of carbonyl (C=O) groups is 1. The molecule has 1 fully saturated rings. The van der Waals surface area contributed by atoms with E-state index in [1.165, 1.54) is 6.42 Å². The summed E-state index contributed by atoms with van der Waals surface area (Å²) in [6.45, 7) is 6.20. The summed E-state index contributed by atoms with van der Waals surface area (Å²) in [6.07, 6.45) is 7.75. The number of rotatable bonds is 6. The average molecular weight is 324 g/mol. The van der Waals surface area contributed by atoms with Gasteiger partial charge < -0.3 is 10.1 Å². The predicted molar refractivity (Wildman–Crippen MR) is 95.3 cm³/mol. The molecule has 2 rings (SSSR count). The molecule has 1 saturated carbocycles. The largest absolute Gasteiger partial charge is 0.490 e. The van der Waals surface area contributed by atoms with E-state index in [2.05, 4.69) is 18.8 Å². The monoisotopic (exact) mass is 324 g/mol. The van der Waals surface area contributed by atoms with Crippen LogP contribution in [0.2, 0.25) is 0 Å². The first-order valence-electron chi connectivity index (χ1n) is 8.40. The van der Waals surface area contributed by atoms with Crippen molar-refractivity contribution in [1.82, 2.24) is 5.32 Å². The van der Waals surface area contributed by atoms with Crippen LogP contribution < -0.4 is 10.1 Å². The fourth-order valence-corrected chi connectivity index (χ4v) is 2.91. The third-order valence-corrected chi connectivity index (χ3v) is 4.35. The number of benzene rings is 1. The van der Waals surface area contributed by atoms with Gasteiger partial charge in [0.1, 0.15) is 24.0 Å². The van der Waals surface area contributed by atoms with Crippen molar-refractivity contribution in [2.75, 3.05) is 6.61 Å². The molecule has 0 heterocycles. The molecule has 0 spiro atoms. The summed E-state index contributed by atoms with van der Waals surface area (Å²) in [4.78, 5) is 12.4. The molecule has 2 atom stereocenters. The third kappa shape index (κ3) is 4.99. The summed E-state index contributed by atoms with van der Waals surface area (Å²) in [6, 6.07) is 9.45. The Morgan fingerprint density at radius 1 is 1.38 bits per heavy atom. The van der Waals surface area contributed by atoms with E-state index in [0.717, 1.165) is 30.6 Å². The van der Waals surface area contributed by atoms with Crippen molar-refractivity contribution in [2.45, 2.75) is 38.6 Å². The summed E-state index contributed by atoms with van der Waals surface area (Å²) >= 11 is 0. The minimum Gasteiger partial charge on any atom is -0.490 e. The lowest BCUT2D eigenvalue weighted by atomic mass is 9.86. The van der Waals surface area contributed by atoms with Crippen LogP contribution in [0.25, 0.3) is 6.08 Å². The van der Waals surface area contributed by atoms with Crippen LogP contribution in [0.4, 0.5) is 0 Å². The second kappa shape index (κ2) is 8.93. The molecule has 1 aromatic carbocycles. The lowest BCUT2D eigenvalue weighted by Crippen LogP contribution is -2.41. The lowest BCUT2D eigenvalue weighted by molar-refractivity contribution is -0.118. The van der Waals surface area contributed by atoms with Gasteiger partial charge in [0.2, 0.25) is 0 Å². The van der Waals surface area contributed by atoms with E-state index >= 15 is 0 Å². The van der Waals surface area contributed by atoms with Crippen molar-refractivity contribution in [3.8, 4) is 11.8 Å². The fraction of sp³-hybridized carbons (Fsp3) is 0.400. The number of hydrogen-bond donors (Lipinski definition) is 1. The molecule has 0 aromatic heterocycles. The summed E-state index contributed by atoms with van der Waals surface area (Å²) in [5.41, 5.74) is 0.928. The Morgan fingerprint density at radius 2 is 2.08 bits per heavy atom. The maximum absolute atomic E-state index is 12.4. The van der Waals surface area contributed by atoms with E-state index in [4.69, 9.17) is 4.74 Å². The van der Waals surface area contributed by atoms with Crippen molar-refractivity contribution in [2.24, 2.45) is 5.92 Å². The Hall–Kier alpha value is -2.54. The highest BCUT2D eigenvalue weighted by Gasteiger charge is 2.23. The maximum Gasteiger partial charge on any atom is 0.262 e. The molecule has 0 aliphatic heterocycles. The highest BCUT2D eigenvalue weighted by atomic mass is 16.5. The molecule has 4 nitrogen and oxygen atoms in total. The lowest BCUT2D eigenvalue weighted by Gasteiger charge is -2.29. The molecule has 1 aliphatic carbocycles. The quantitative estimate of drug-likeness (QED) is 0.491. The molecule has 0 bridgehead atoms. The normalized spacial score (nSPS) is 20.8. The zero-order valence-corrected chi connectivity index (χ0v) is 14.1. The van der Waals surface area contributed by atoms with Crippen molar-refractivity contribution < 1.29 is 9.53 Å². The minimum atomic E-state index is -0.289. The Kier molecular flexibility index (Phi) is 6.62. The molecular weight excluding hydrogens is 300 g/mol. The van der Waals surface area contributed by atoms with Gasteiger partial charge in [-0.2, -0.15) is 5.26 Å². The summed E-state index contributed by atoms with van der Waals surface area (Å²) in [5, 5.41) is 12.3. The molecule has 0 saturated heterocycles. The first-order valence-corrected chi connectivity index (χ1v) is 8.40. The predicted octanol–water partition coefficient (Wildman–Crippen LogP) is 3.85. The Labute approximate surface area is 143 Å². The molecule has 4 heteroatoms. The van der Waals surface area contributed by atoms with Crippen LogP contribution >= 0.6 is 0 Å². The van der Waals surface area contributed by atoms with Gasteiger partial charge in [-0.15, -0.1) is 0 Å². The van der Waals surface area contributed by atoms with E-state index in [1.807, 2.05) is 30.3 Å². The average Bonchev–Trinajstić information content (AvgIpc) is 2.60. The van der Waals surface area contributed by atoms with Crippen molar-refractivity contribution in [1.29, 1.82) is 5.26 Å². The first-order chi connectivity index (χ1) is 11.6. The van der Waals surface area contributed by atoms with Gasteiger partial charge in [0, 0.05) is 6.04 Å². The number of ether oxygens (including phenoxy) is 1. The van der Waals surface area contributed by atoms with E-state index in [-0.39, 0.29) is 17.5 Å². The Balaban J connectivity index is 2.03.